The molecule has 3 rings (SSSR count). The minimum Gasteiger partial charge on any atom is -0.472 e. The third-order valence-electron chi connectivity index (χ3n) is 4.82. The van der Waals surface area contributed by atoms with Crippen LogP contribution in [0.15, 0.2) is 24.3 Å². The van der Waals surface area contributed by atoms with E-state index in [1.165, 1.54) is 0 Å². The number of rotatable bonds is 10. The summed E-state index contributed by atoms with van der Waals surface area (Å²) in [6.45, 7) is 1.07. The van der Waals surface area contributed by atoms with Gasteiger partial charge < -0.3 is 20.7 Å². The first-order valence-corrected chi connectivity index (χ1v) is 10.6. The summed E-state index contributed by atoms with van der Waals surface area (Å²) in [4.78, 5) is 37.4. The third-order valence-corrected chi connectivity index (χ3v) is 5.57. The zero-order valence-electron chi connectivity index (χ0n) is 16.9. The molecular weight excluding hydrogens is 425 g/mol. The Morgan fingerprint density at radius 2 is 2.06 bits per heavy atom. The summed E-state index contributed by atoms with van der Waals surface area (Å²) in [7, 11) is 0. The van der Waals surface area contributed by atoms with Gasteiger partial charge in [0.2, 0.25) is 11.8 Å². The van der Waals surface area contributed by atoms with E-state index in [0.29, 0.717) is 37.1 Å². The summed E-state index contributed by atoms with van der Waals surface area (Å²) in [5.41, 5.74) is 6.50. The fraction of sp³-hybridized carbons (Fsp3) is 0.400. The number of aromatic nitrogens is 1. The van der Waals surface area contributed by atoms with Crippen LogP contribution in [0.1, 0.15) is 40.7 Å². The van der Waals surface area contributed by atoms with Crippen LogP contribution in [-0.4, -0.2) is 46.8 Å². The van der Waals surface area contributed by atoms with E-state index in [1.807, 2.05) is 0 Å². The summed E-state index contributed by atoms with van der Waals surface area (Å²) >= 11 is 0.863. The summed E-state index contributed by atoms with van der Waals surface area (Å²) in [5, 5.41) is 5.39. The van der Waals surface area contributed by atoms with Crippen LogP contribution in [0, 0.1) is 0 Å². The maximum Gasteiger partial charge on any atom is 0.319 e. The van der Waals surface area contributed by atoms with Crippen molar-refractivity contribution in [3.8, 4) is 5.88 Å². The maximum absolute atomic E-state index is 13.1. The molecule has 0 radical (unpaired) electrons. The predicted octanol–water partition coefficient (Wildman–Crippen LogP) is 2.42. The summed E-state index contributed by atoms with van der Waals surface area (Å²) in [5.74, 6) is -0.679. The van der Waals surface area contributed by atoms with E-state index in [0.717, 1.165) is 24.5 Å². The van der Waals surface area contributed by atoms with Crippen LogP contribution in [0.2, 0.25) is 0 Å². The first kappa shape index (κ1) is 22.5. The van der Waals surface area contributed by atoms with Gasteiger partial charge in [0.15, 0.2) is 0 Å². The molecule has 0 aliphatic carbocycles. The Kier molecular flexibility index (Phi) is 7.76. The lowest BCUT2D eigenvalue weighted by Gasteiger charge is -2.15. The number of urea groups is 1. The molecular formula is C20H24FN5O4S. The summed E-state index contributed by atoms with van der Waals surface area (Å²) < 4.78 is 22.7. The molecule has 0 saturated carbocycles. The van der Waals surface area contributed by atoms with E-state index in [4.69, 9.17) is 10.5 Å². The molecule has 1 aromatic carbocycles. The molecule has 1 aliphatic heterocycles. The highest BCUT2D eigenvalue weighted by Gasteiger charge is 2.22. The number of alkyl halides is 1. The van der Waals surface area contributed by atoms with Gasteiger partial charge in [-0.2, -0.15) is 4.37 Å². The van der Waals surface area contributed by atoms with Crippen molar-refractivity contribution in [2.24, 2.45) is 5.73 Å². The lowest BCUT2D eigenvalue weighted by molar-refractivity contribution is -0.127. The van der Waals surface area contributed by atoms with Crippen LogP contribution in [0.5, 0.6) is 5.88 Å². The quantitative estimate of drug-likeness (QED) is 0.480. The van der Waals surface area contributed by atoms with Gasteiger partial charge >= 0.3 is 6.03 Å². The van der Waals surface area contributed by atoms with E-state index >= 15 is 0 Å². The van der Waals surface area contributed by atoms with Gasteiger partial charge in [0.05, 0.1) is 0 Å². The molecule has 4 N–H and O–H groups in total. The second kappa shape index (κ2) is 10.7. The Hall–Kier alpha value is -3.21. The van der Waals surface area contributed by atoms with E-state index in [-0.39, 0.29) is 29.0 Å². The molecule has 1 saturated heterocycles. The standard InChI is InChI=1S/C20H24FN5O4S/c21-11-13-5-1-2-6-14(13)12-30-18-16(17(22)28)19(31-25-18)24-20(29)23-8-4-10-26-9-3-7-15(26)27/h1-2,5-6H,3-4,7-12H2,(H2,22,28)(H2,23,24,29). The molecule has 2 aromatic rings. The monoisotopic (exact) mass is 449 g/mol. The molecule has 31 heavy (non-hydrogen) atoms. The highest BCUT2D eigenvalue weighted by atomic mass is 32.1. The SMILES string of the molecule is NC(=O)c1c(OCc2ccccc2CF)nsc1NC(=O)NCCCN1CCCC1=O. The lowest BCUT2D eigenvalue weighted by atomic mass is 10.1. The first-order valence-electron chi connectivity index (χ1n) is 9.87. The number of hydrogen-bond acceptors (Lipinski definition) is 6. The van der Waals surface area contributed by atoms with Crippen molar-refractivity contribution in [3.63, 3.8) is 0 Å². The number of halogens is 1. The molecule has 1 fully saturated rings. The minimum atomic E-state index is -0.801. The molecule has 1 aromatic heterocycles. The number of amides is 4. The van der Waals surface area contributed by atoms with Gasteiger partial charge in [-0.25, -0.2) is 9.18 Å². The van der Waals surface area contributed by atoms with E-state index in [1.54, 1.807) is 29.2 Å². The maximum atomic E-state index is 13.1. The van der Waals surface area contributed by atoms with Crippen molar-refractivity contribution in [3.05, 3.63) is 41.0 Å². The lowest BCUT2D eigenvalue weighted by Crippen LogP contribution is -2.33. The Morgan fingerprint density at radius 1 is 1.29 bits per heavy atom. The molecule has 4 amide bonds. The van der Waals surface area contributed by atoms with E-state index in [2.05, 4.69) is 15.0 Å². The average Bonchev–Trinajstić information content (AvgIpc) is 3.35. The zero-order valence-corrected chi connectivity index (χ0v) is 17.7. The van der Waals surface area contributed by atoms with Gasteiger partial charge in [0.25, 0.3) is 5.91 Å². The smallest absolute Gasteiger partial charge is 0.319 e. The number of hydrogen-bond donors (Lipinski definition) is 3. The van der Waals surface area contributed by atoms with Gasteiger partial charge in [-0.05, 0) is 35.5 Å². The van der Waals surface area contributed by atoms with Crippen LogP contribution < -0.4 is 21.1 Å². The van der Waals surface area contributed by atoms with Crippen LogP contribution in [0.3, 0.4) is 0 Å². The van der Waals surface area contributed by atoms with Crippen LogP contribution in [0.4, 0.5) is 14.2 Å². The number of primary amides is 1. The normalized spacial score (nSPS) is 13.3. The zero-order chi connectivity index (χ0) is 22.2. The van der Waals surface area contributed by atoms with Crippen molar-refractivity contribution in [1.29, 1.82) is 0 Å². The highest BCUT2D eigenvalue weighted by Crippen LogP contribution is 2.31. The third kappa shape index (κ3) is 5.91. The van der Waals surface area contributed by atoms with Crippen LogP contribution in [0.25, 0.3) is 0 Å². The molecule has 11 heteroatoms. The van der Waals surface area contributed by atoms with Gasteiger partial charge in [-0.1, -0.05) is 24.3 Å². The highest BCUT2D eigenvalue weighted by molar-refractivity contribution is 7.11. The molecule has 0 atom stereocenters. The number of carbonyl (C=O) groups excluding carboxylic acids is 3. The van der Waals surface area contributed by atoms with Crippen molar-refractivity contribution in [2.75, 3.05) is 25.0 Å². The number of nitrogens with one attached hydrogen (secondary N) is 2. The minimum absolute atomic E-state index is 0.00492. The number of carbonyl (C=O) groups is 3. The second-order valence-corrected chi connectivity index (χ2v) is 7.74. The number of likely N-dealkylation sites (tertiary alicyclic amines) is 1. The number of nitrogens with zero attached hydrogens (tertiary/aromatic N) is 2. The van der Waals surface area contributed by atoms with Crippen molar-refractivity contribution in [1.82, 2.24) is 14.6 Å². The van der Waals surface area contributed by atoms with Gasteiger partial charge in [-0.15, -0.1) is 0 Å². The van der Waals surface area contributed by atoms with Gasteiger partial charge in [0, 0.05) is 26.1 Å². The van der Waals surface area contributed by atoms with E-state index < -0.39 is 18.6 Å². The van der Waals surface area contributed by atoms with Crippen molar-refractivity contribution >= 4 is 34.4 Å². The van der Waals surface area contributed by atoms with Gasteiger partial charge in [0.1, 0.15) is 23.8 Å². The van der Waals surface area contributed by atoms with Crippen LogP contribution >= 0.6 is 11.5 Å². The van der Waals surface area contributed by atoms with Crippen molar-refractivity contribution < 1.29 is 23.5 Å². The molecule has 9 nitrogen and oxygen atoms in total. The molecule has 166 valence electrons. The summed E-state index contributed by atoms with van der Waals surface area (Å²) in [6, 6.07) is 6.32. The molecule has 0 unspecified atom stereocenters. The number of ether oxygens (including phenoxy) is 1. The predicted molar refractivity (Wildman–Crippen MR) is 114 cm³/mol. The molecule has 2 heterocycles. The first-order chi connectivity index (χ1) is 15.0. The number of anilines is 1. The fourth-order valence-corrected chi connectivity index (χ4v) is 3.95. The molecule has 0 bridgehead atoms. The number of nitrogens with two attached hydrogens (primary N) is 1. The van der Waals surface area contributed by atoms with E-state index in [9.17, 15) is 18.8 Å². The largest absolute Gasteiger partial charge is 0.472 e. The average molecular weight is 450 g/mol. The second-order valence-electron chi connectivity index (χ2n) is 6.97. The fourth-order valence-electron chi connectivity index (χ4n) is 3.21. The Labute approximate surface area is 182 Å². The Morgan fingerprint density at radius 3 is 2.74 bits per heavy atom. The van der Waals surface area contributed by atoms with Gasteiger partial charge in [-0.3, -0.25) is 14.9 Å². The van der Waals surface area contributed by atoms with Crippen LogP contribution in [-0.2, 0) is 18.1 Å². The topological polar surface area (TPSA) is 127 Å². The molecule has 1 aliphatic rings. The summed E-state index contributed by atoms with van der Waals surface area (Å²) in [6.07, 6.45) is 2.07. The molecule has 0 spiro atoms. The number of benzene rings is 1. The Bertz CT molecular complexity index is 951. The Balaban J connectivity index is 1.53. The van der Waals surface area contributed by atoms with Crippen molar-refractivity contribution in [2.45, 2.75) is 32.5 Å².